The van der Waals surface area contributed by atoms with Gasteiger partial charge in [-0.2, -0.15) is 0 Å². The van der Waals surface area contributed by atoms with Crippen molar-refractivity contribution >= 4 is 17.4 Å². The Morgan fingerprint density at radius 1 is 1.53 bits per heavy atom. The molecule has 2 rings (SSSR count). The molecule has 5 heteroatoms. The molecule has 1 saturated heterocycles. The lowest BCUT2D eigenvalue weighted by Gasteiger charge is -2.37. The first-order chi connectivity index (χ1) is 8.29. The predicted octanol–water partition coefficient (Wildman–Crippen LogP) is 2.29. The fourth-order valence-corrected chi connectivity index (χ4v) is 2.29. The van der Waals surface area contributed by atoms with Gasteiger partial charge in [-0.25, -0.2) is 4.98 Å². The molecule has 0 aliphatic carbocycles. The summed E-state index contributed by atoms with van der Waals surface area (Å²) >= 11 is 6.10. The molecule has 1 fully saturated rings. The summed E-state index contributed by atoms with van der Waals surface area (Å²) in [5, 5.41) is 3.42. The van der Waals surface area contributed by atoms with Gasteiger partial charge in [-0.05, 0) is 25.0 Å². The van der Waals surface area contributed by atoms with Crippen LogP contribution in [0, 0.1) is 0 Å². The first kappa shape index (κ1) is 12.5. The lowest BCUT2D eigenvalue weighted by molar-refractivity contribution is 0.0666. The summed E-state index contributed by atoms with van der Waals surface area (Å²) in [6.07, 6.45) is 3.51. The third-order valence-electron chi connectivity index (χ3n) is 3.08. The summed E-state index contributed by atoms with van der Waals surface area (Å²) < 4.78 is 10.6. The molecule has 2 heterocycles. The quantitative estimate of drug-likeness (QED) is 0.840. The average molecular weight is 257 g/mol. The molecule has 0 aromatic carbocycles. The summed E-state index contributed by atoms with van der Waals surface area (Å²) in [5.74, 6) is 2.02. The highest BCUT2D eigenvalue weighted by atomic mass is 35.5. The molecule has 0 amide bonds. The maximum atomic E-state index is 6.10. The molecule has 1 N–H and O–H groups in total. The van der Waals surface area contributed by atoms with E-state index in [-0.39, 0.29) is 5.54 Å². The highest BCUT2D eigenvalue weighted by Crippen LogP contribution is 2.30. The van der Waals surface area contributed by atoms with Crippen molar-refractivity contribution < 1.29 is 9.47 Å². The number of aromatic nitrogens is 1. The van der Waals surface area contributed by atoms with Crippen molar-refractivity contribution in [3.8, 4) is 5.75 Å². The Labute approximate surface area is 106 Å². The molecule has 0 bridgehead atoms. The van der Waals surface area contributed by atoms with E-state index in [2.05, 4.69) is 10.3 Å². The summed E-state index contributed by atoms with van der Waals surface area (Å²) in [6, 6.07) is 3.73. The van der Waals surface area contributed by atoms with Gasteiger partial charge in [0.2, 0.25) is 0 Å². The van der Waals surface area contributed by atoms with Crippen LogP contribution in [0.15, 0.2) is 18.3 Å². The van der Waals surface area contributed by atoms with Crippen molar-refractivity contribution in [3.05, 3.63) is 18.3 Å². The molecular weight excluding hydrogens is 240 g/mol. The van der Waals surface area contributed by atoms with Gasteiger partial charge in [0.05, 0.1) is 12.6 Å². The fourth-order valence-electron chi connectivity index (χ4n) is 1.95. The van der Waals surface area contributed by atoms with Crippen molar-refractivity contribution in [3.63, 3.8) is 0 Å². The van der Waals surface area contributed by atoms with Crippen LogP contribution in [0.25, 0.3) is 0 Å². The minimum absolute atomic E-state index is 0.137. The molecule has 0 atom stereocenters. The maximum absolute atomic E-state index is 6.10. The van der Waals surface area contributed by atoms with E-state index in [1.54, 1.807) is 13.3 Å². The highest BCUT2D eigenvalue weighted by Gasteiger charge is 2.32. The minimum atomic E-state index is -0.137. The van der Waals surface area contributed by atoms with Crippen molar-refractivity contribution in [2.24, 2.45) is 0 Å². The third kappa shape index (κ3) is 2.82. The summed E-state index contributed by atoms with van der Waals surface area (Å²) in [5.41, 5.74) is -0.137. The molecule has 0 saturated carbocycles. The van der Waals surface area contributed by atoms with Crippen LogP contribution in [0.2, 0.25) is 0 Å². The van der Waals surface area contributed by atoms with E-state index in [4.69, 9.17) is 21.1 Å². The van der Waals surface area contributed by atoms with Crippen molar-refractivity contribution in [1.29, 1.82) is 0 Å². The van der Waals surface area contributed by atoms with Gasteiger partial charge >= 0.3 is 0 Å². The number of hydrogen-bond donors (Lipinski definition) is 1. The standard InChI is InChI=1S/C12H17ClN2O2/c1-16-10-3-2-6-14-11(10)15-12(9-13)4-7-17-8-5-12/h2-3,6H,4-5,7-9H2,1H3,(H,14,15). The smallest absolute Gasteiger partial charge is 0.169 e. The lowest BCUT2D eigenvalue weighted by atomic mass is 9.92. The molecule has 0 unspecified atom stereocenters. The summed E-state index contributed by atoms with van der Waals surface area (Å²) in [4.78, 5) is 4.30. The summed E-state index contributed by atoms with van der Waals surface area (Å²) in [6.45, 7) is 1.46. The Morgan fingerprint density at radius 3 is 2.94 bits per heavy atom. The van der Waals surface area contributed by atoms with Crippen LogP contribution in [0.4, 0.5) is 5.82 Å². The molecular formula is C12H17ClN2O2. The van der Waals surface area contributed by atoms with E-state index in [0.29, 0.717) is 5.88 Å². The highest BCUT2D eigenvalue weighted by molar-refractivity contribution is 6.18. The van der Waals surface area contributed by atoms with Gasteiger partial charge < -0.3 is 14.8 Å². The number of anilines is 1. The van der Waals surface area contributed by atoms with Crippen molar-refractivity contribution in [1.82, 2.24) is 4.98 Å². The molecule has 4 nitrogen and oxygen atoms in total. The number of rotatable bonds is 4. The van der Waals surface area contributed by atoms with Gasteiger partial charge in [-0.15, -0.1) is 11.6 Å². The van der Waals surface area contributed by atoms with Gasteiger partial charge in [0.15, 0.2) is 11.6 Å². The van der Waals surface area contributed by atoms with Crippen LogP contribution in [0.5, 0.6) is 5.75 Å². The van der Waals surface area contributed by atoms with Crippen molar-refractivity contribution in [2.75, 3.05) is 31.5 Å². The number of nitrogens with zero attached hydrogens (tertiary/aromatic N) is 1. The fraction of sp³-hybridized carbons (Fsp3) is 0.583. The molecule has 1 aliphatic rings. The minimum Gasteiger partial charge on any atom is -0.493 e. The molecule has 1 aliphatic heterocycles. The van der Waals surface area contributed by atoms with Crippen molar-refractivity contribution in [2.45, 2.75) is 18.4 Å². The van der Waals surface area contributed by atoms with Crippen LogP contribution in [0.3, 0.4) is 0 Å². The van der Waals surface area contributed by atoms with Gasteiger partial charge in [0, 0.05) is 25.3 Å². The van der Waals surface area contributed by atoms with Gasteiger partial charge in [0.1, 0.15) is 0 Å². The second-order valence-electron chi connectivity index (χ2n) is 4.21. The maximum Gasteiger partial charge on any atom is 0.169 e. The zero-order valence-electron chi connectivity index (χ0n) is 9.91. The number of pyridine rings is 1. The van der Waals surface area contributed by atoms with Gasteiger partial charge in [-0.1, -0.05) is 0 Å². The van der Waals surface area contributed by atoms with E-state index in [0.717, 1.165) is 37.6 Å². The zero-order valence-corrected chi connectivity index (χ0v) is 10.7. The molecule has 1 aromatic heterocycles. The van der Waals surface area contributed by atoms with E-state index >= 15 is 0 Å². The molecule has 0 radical (unpaired) electrons. The van der Waals surface area contributed by atoms with E-state index in [9.17, 15) is 0 Å². The molecule has 1 aromatic rings. The second kappa shape index (κ2) is 5.56. The predicted molar refractivity (Wildman–Crippen MR) is 67.9 cm³/mol. The Kier molecular flexibility index (Phi) is 4.07. The first-order valence-corrected chi connectivity index (χ1v) is 6.24. The molecule has 0 spiro atoms. The number of hydrogen-bond acceptors (Lipinski definition) is 4. The summed E-state index contributed by atoms with van der Waals surface area (Å²) in [7, 11) is 1.64. The topological polar surface area (TPSA) is 43.4 Å². The monoisotopic (exact) mass is 256 g/mol. The van der Waals surface area contributed by atoms with E-state index < -0.39 is 0 Å². The largest absolute Gasteiger partial charge is 0.493 e. The van der Waals surface area contributed by atoms with Gasteiger partial charge in [0.25, 0.3) is 0 Å². The Bertz CT molecular complexity index is 367. The Hall–Kier alpha value is -1.00. The van der Waals surface area contributed by atoms with Crippen LogP contribution in [-0.2, 0) is 4.74 Å². The normalized spacial score (nSPS) is 18.7. The van der Waals surface area contributed by atoms with E-state index in [1.165, 1.54) is 0 Å². The first-order valence-electron chi connectivity index (χ1n) is 5.70. The number of ether oxygens (including phenoxy) is 2. The average Bonchev–Trinajstić information content (AvgIpc) is 2.40. The Balaban J connectivity index is 2.17. The van der Waals surface area contributed by atoms with E-state index in [1.807, 2.05) is 12.1 Å². The lowest BCUT2D eigenvalue weighted by Crippen LogP contribution is -2.45. The SMILES string of the molecule is COc1cccnc1NC1(CCl)CCOCC1. The number of alkyl halides is 1. The van der Waals surface area contributed by atoms with Crippen LogP contribution < -0.4 is 10.1 Å². The zero-order chi connectivity index (χ0) is 12.1. The van der Waals surface area contributed by atoms with Crippen LogP contribution in [-0.4, -0.2) is 36.7 Å². The second-order valence-corrected chi connectivity index (χ2v) is 4.47. The van der Waals surface area contributed by atoms with Crippen LogP contribution in [0.1, 0.15) is 12.8 Å². The molecule has 94 valence electrons. The van der Waals surface area contributed by atoms with Gasteiger partial charge in [-0.3, -0.25) is 0 Å². The number of methoxy groups -OCH3 is 1. The third-order valence-corrected chi connectivity index (χ3v) is 3.59. The molecule has 17 heavy (non-hydrogen) atoms. The number of nitrogens with one attached hydrogen (secondary N) is 1. The number of halogens is 1. The Morgan fingerprint density at radius 2 is 2.29 bits per heavy atom. The van der Waals surface area contributed by atoms with Crippen LogP contribution >= 0.6 is 11.6 Å².